The van der Waals surface area contributed by atoms with Crippen molar-refractivity contribution in [2.45, 2.75) is 91.2 Å². The van der Waals surface area contributed by atoms with Crippen LogP contribution in [0.15, 0.2) is 70.5 Å². The van der Waals surface area contributed by atoms with Crippen molar-refractivity contribution in [2.75, 3.05) is 32.8 Å². The van der Waals surface area contributed by atoms with Crippen molar-refractivity contribution in [3.63, 3.8) is 0 Å². The Bertz CT molecular complexity index is 3910. The van der Waals surface area contributed by atoms with Crippen LogP contribution in [0, 0.1) is 34.3 Å². The monoisotopic (exact) mass is 1170 g/mol. The quantitative estimate of drug-likeness (QED) is 0.0846. The number of hydrogen-bond donors (Lipinski definition) is 1. The number of halogens is 8. The van der Waals surface area contributed by atoms with Gasteiger partial charge in [0.2, 0.25) is 11.5 Å². The topological polar surface area (TPSA) is 236 Å². The molecule has 2 fully saturated rings. The third-order valence-corrected chi connectivity index (χ3v) is 13.5. The lowest BCUT2D eigenvalue weighted by Gasteiger charge is -2.29. The maximum Gasteiger partial charge on any atom is 0.417 e. The molecule has 0 bridgehead atoms. The summed E-state index contributed by atoms with van der Waals surface area (Å²) in [4.78, 5) is 88.6. The Kier molecular flexibility index (Phi) is 16.2. The van der Waals surface area contributed by atoms with Crippen molar-refractivity contribution >= 4 is 92.3 Å². The predicted molar refractivity (Wildman–Crippen MR) is 281 cm³/mol. The highest BCUT2D eigenvalue weighted by Crippen LogP contribution is 2.42. The van der Waals surface area contributed by atoms with E-state index in [1.54, 1.807) is 20.8 Å². The van der Waals surface area contributed by atoms with E-state index in [4.69, 9.17) is 49.5 Å². The molecule has 0 radical (unpaired) electrons. The third kappa shape index (κ3) is 10.8. The van der Waals surface area contributed by atoms with Gasteiger partial charge in [0, 0.05) is 30.9 Å². The Labute approximate surface area is 463 Å². The number of anilines is 4. The van der Waals surface area contributed by atoms with E-state index in [0.717, 1.165) is 66.1 Å². The van der Waals surface area contributed by atoms with Crippen LogP contribution in [-0.4, -0.2) is 82.0 Å². The van der Waals surface area contributed by atoms with Crippen LogP contribution >= 0.6 is 24.4 Å². The van der Waals surface area contributed by atoms with Crippen LogP contribution < -0.4 is 40.2 Å². The van der Waals surface area contributed by atoms with Gasteiger partial charge in [-0.25, -0.2) is 23.5 Å². The Balaban J connectivity index is 0.000000234. The predicted octanol–water partition coefficient (Wildman–Crippen LogP) is 8.23. The lowest BCUT2D eigenvalue weighted by Crippen LogP contribution is -2.44. The highest BCUT2D eigenvalue weighted by molar-refractivity contribution is 7.81. The van der Waals surface area contributed by atoms with Gasteiger partial charge in [-0.15, -0.1) is 0 Å². The van der Waals surface area contributed by atoms with Crippen LogP contribution in [0.5, 0.6) is 11.5 Å². The molecule has 2 saturated heterocycles. The van der Waals surface area contributed by atoms with Gasteiger partial charge in [0.1, 0.15) is 17.7 Å². The first-order valence-electron chi connectivity index (χ1n) is 23.9. The molecule has 2 aliphatic heterocycles. The zero-order chi connectivity index (χ0) is 60.2. The number of aromatic nitrogens is 4. The average molecular weight is 1170 g/mol. The summed E-state index contributed by atoms with van der Waals surface area (Å²) in [6, 6.07) is 10.3. The van der Waals surface area contributed by atoms with Gasteiger partial charge < -0.3 is 24.4 Å². The molecule has 0 atom stereocenters. The van der Waals surface area contributed by atoms with Crippen LogP contribution in [0.25, 0.3) is 11.3 Å². The van der Waals surface area contributed by atoms with Crippen molar-refractivity contribution in [1.82, 2.24) is 18.8 Å². The minimum absolute atomic E-state index is 0.0255. The van der Waals surface area contributed by atoms with Gasteiger partial charge in [0.15, 0.2) is 45.5 Å². The molecule has 0 spiro atoms. The molecule has 0 saturated carbocycles. The largest absolute Gasteiger partial charge is 0.479 e. The summed E-state index contributed by atoms with van der Waals surface area (Å²) >= 11 is 10.9. The molecule has 29 heteroatoms. The van der Waals surface area contributed by atoms with Crippen molar-refractivity contribution in [3.05, 3.63) is 127 Å². The number of rotatable bonds is 13. The van der Waals surface area contributed by atoms with E-state index >= 15 is 8.78 Å². The minimum atomic E-state index is -4.89. The molecule has 6 heterocycles. The van der Waals surface area contributed by atoms with Crippen molar-refractivity contribution in [3.8, 4) is 23.6 Å². The summed E-state index contributed by atoms with van der Waals surface area (Å²) in [6.07, 6.45) is -6.96. The molecule has 8 rings (SSSR count). The van der Waals surface area contributed by atoms with Gasteiger partial charge in [-0.2, -0.15) is 36.9 Å². The molecule has 1 N–H and O–H groups in total. The standard InChI is InChI=1S/C27H23F4N5O4S.C25H19F4N5O5S/c1-5-17(37)13-40-21-20(6-2)33-22-19(28)10-16(12-34(22)23(21)38)36-25(41)35(24(39)26(36,3)4)15-8-7-14(11-32)18(9-15)27(29,30)31;1-4-17-19(39-11-18(35)36)21(37)32-10-14(8-16(26)20(32)31-17)34-23(40)33(22(38)24(34,2)3)13-6-5-12(9-30)15(7-13)25(27,28)29/h7-10,12H,5-6,13H2,1-4H3;5-8,10H,4,11H2,1-3H3,(H,35,36). The molecule has 6 aromatic rings. The van der Waals surface area contributed by atoms with Crippen LogP contribution in [0.3, 0.4) is 0 Å². The Hall–Kier alpha value is -8.96. The van der Waals surface area contributed by atoms with Crippen LogP contribution in [-0.2, 0) is 44.4 Å². The fourth-order valence-corrected chi connectivity index (χ4v) is 9.79. The van der Waals surface area contributed by atoms with Gasteiger partial charge in [0.05, 0.1) is 68.5 Å². The number of hydrogen-bond acceptors (Lipinski definition) is 14. The molecule has 0 aliphatic carbocycles. The van der Waals surface area contributed by atoms with Crippen molar-refractivity contribution in [2.24, 2.45) is 0 Å². The van der Waals surface area contributed by atoms with Gasteiger partial charge >= 0.3 is 29.4 Å². The van der Waals surface area contributed by atoms with Crippen LogP contribution in [0.4, 0.5) is 57.9 Å². The number of carboxylic acid groups (broad SMARTS) is 1. The number of ether oxygens (including phenoxy) is 2. The fourth-order valence-electron chi connectivity index (χ4n) is 8.75. The SMILES string of the molecule is CCC(=O)COc1c(CC)nc2c(F)cc(N3C(=S)N(c4ccc(C#N)c(C(F)(F)F)c4)C(=O)C3(C)C)cn2c1=O.CCc1nc2c(F)cc(N3C(=S)N(c4ccc(C#N)c(C(F)(F)F)c4)C(=O)C3(C)C)cn2c(=O)c1OCC(=O)O. The number of ketones is 1. The smallest absolute Gasteiger partial charge is 0.417 e. The van der Waals surface area contributed by atoms with E-state index in [2.05, 4.69) is 9.97 Å². The molecule has 2 amide bonds. The van der Waals surface area contributed by atoms with Crippen molar-refractivity contribution < 1.29 is 68.9 Å². The second kappa shape index (κ2) is 21.9. The highest BCUT2D eigenvalue weighted by Gasteiger charge is 2.53. The number of alkyl halides is 6. The summed E-state index contributed by atoms with van der Waals surface area (Å²) < 4.78 is 125. The van der Waals surface area contributed by atoms with Crippen LogP contribution in [0.2, 0.25) is 0 Å². The molecule has 2 aromatic carbocycles. The van der Waals surface area contributed by atoms with Gasteiger partial charge in [-0.1, -0.05) is 20.8 Å². The second-order valence-corrected chi connectivity index (χ2v) is 19.5. The highest BCUT2D eigenvalue weighted by atomic mass is 32.1. The summed E-state index contributed by atoms with van der Waals surface area (Å²) in [5.74, 6) is -5.67. The number of nitriles is 2. The van der Waals surface area contributed by atoms with Gasteiger partial charge in [-0.05, 0) is 101 Å². The number of carbonyl (C=O) groups excluding carboxylic acids is 3. The van der Waals surface area contributed by atoms with E-state index in [1.807, 2.05) is 0 Å². The van der Waals surface area contributed by atoms with E-state index in [-0.39, 0.29) is 87.4 Å². The first-order chi connectivity index (χ1) is 37.8. The number of carboxylic acids is 1. The zero-order valence-electron chi connectivity index (χ0n) is 43.3. The number of Topliss-reactive ketones (excluding diaryl/α,β-unsaturated/α-hetero) is 1. The number of amides is 2. The lowest BCUT2D eigenvalue weighted by atomic mass is 10.0. The molecular weight excluding hydrogens is 1120 g/mol. The maximum atomic E-state index is 15.4. The molecule has 422 valence electrons. The number of carbonyl (C=O) groups is 4. The van der Waals surface area contributed by atoms with Gasteiger partial charge in [0.25, 0.3) is 11.8 Å². The average Bonchev–Trinajstić information content (AvgIpc) is 3.70. The maximum absolute atomic E-state index is 15.4. The molecule has 81 heavy (non-hydrogen) atoms. The van der Waals surface area contributed by atoms with E-state index in [9.17, 15) is 55.1 Å². The summed E-state index contributed by atoms with van der Waals surface area (Å²) in [7, 11) is 0. The minimum Gasteiger partial charge on any atom is -0.479 e. The number of thiocarbonyl (C=S) groups is 2. The second-order valence-electron chi connectivity index (χ2n) is 18.7. The van der Waals surface area contributed by atoms with E-state index in [0.29, 0.717) is 12.1 Å². The van der Waals surface area contributed by atoms with E-state index in [1.165, 1.54) is 50.9 Å². The number of fused-ring (bicyclic) bond motifs is 2. The summed E-state index contributed by atoms with van der Waals surface area (Å²) in [6.45, 7) is 9.36. The Morgan fingerprint density at radius 2 is 1.00 bits per heavy atom. The number of aryl methyl sites for hydroxylation is 2. The molecule has 19 nitrogen and oxygen atoms in total. The molecule has 0 unspecified atom stereocenters. The first kappa shape index (κ1) is 59.7. The number of pyridine rings is 2. The van der Waals surface area contributed by atoms with Crippen molar-refractivity contribution in [1.29, 1.82) is 10.5 Å². The normalized spacial score (nSPS) is 15.0. The Morgan fingerprint density at radius 1 is 0.630 bits per heavy atom. The molecule has 2 aliphatic rings. The third-order valence-electron chi connectivity index (χ3n) is 12.8. The Morgan fingerprint density at radius 3 is 1.32 bits per heavy atom. The molecule has 4 aromatic heterocycles. The number of benzene rings is 2. The lowest BCUT2D eigenvalue weighted by molar-refractivity contribution is -0.139. The summed E-state index contributed by atoms with van der Waals surface area (Å²) in [5.41, 5.74) is -9.88. The van der Waals surface area contributed by atoms with Gasteiger partial charge in [-0.3, -0.25) is 42.6 Å². The summed E-state index contributed by atoms with van der Waals surface area (Å²) in [5, 5.41) is 26.6. The molecular formula is C52H42F8N10O9S2. The number of nitrogens with zero attached hydrogens (tertiary/aromatic N) is 10. The fraction of sp³-hybridized carbons (Fsp3) is 0.308. The van der Waals surface area contributed by atoms with E-state index < -0.39 is 104 Å². The number of aliphatic carboxylic acids is 1. The zero-order valence-corrected chi connectivity index (χ0v) is 45.0. The van der Waals surface area contributed by atoms with Crippen LogP contribution in [0.1, 0.15) is 88.5 Å². The first-order valence-corrected chi connectivity index (χ1v) is 24.7.